The van der Waals surface area contributed by atoms with Gasteiger partial charge < -0.3 is 5.73 Å². The molecule has 0 aromatic heterocycles. The Morgan fingerprint density at radius 3 is 2.40 bits per heavy atom. The largest absolute Gasteiger partial charge is 0.323 e. The standard InChI is InChI=1S/C14H21N3O2S/c1-20(18,19)17-8-6-16(7-9-17)13-10-11-4-2-3-5-12(11)14(13)15/h2-5,13-14H,6-10,15H2,1H3. The first-order valence-corrected chi connectivity index (χ1v) is 8.84. The Balaban J connectivity index is 1.69. The van der Waals surface area contributed by atoms with Gasteiger partial charge in [0.05, 0.1) is 6.26 Å². The van der Waals surface area contributed by atoms with Crippen LogP contribution in [0.1, 0.15) is 17.2 Å². The number of benzene rings is 1. The summed E-state index contributed by atoms with van der Waals surface area (Å²) in [5.74, 6) is 0. The molecule has 2 atom stereocenters. The van der Waals surface area contributed by atoms with Crippen LogP contribution in [0.25, 0.3) is 0 Å². The van der Waals surface area contributed by atoms with Crippen LogP contribution in [0, 0.1) is 0 Å². The topological polar surface area (TPSA) is 66.6 Å². The molecule has 1 heterocycles. The minimum atomic E-state index is -3.06. The van der Waals surface area contributed by atoms with Crippen LogP contribution in [-0.4, -0.2) is 56.1 Å². The first-order chi connectivity index (χ1) is 9.47. The van der Waals surface area contributed by atoms with Gasteiger partial charge in [-0.1, -0.05) is 24.3 Å². The summed E-state index contributed by atoms with van der Waals surface area (Å²) in [4.78, 5) is 2.34. The van der Waals surface area contributed by atoms with Crippen LogP contribution in [-0.2, 0) is 16.4 Å². The zero-order valence-corrected chi connectivity index (χ0v) is 12.5. The third-order valence-corrected chi connectivity index (χ3v) is 5.77. The van der Waals surface area contributed by atoms with Crippen molar-refractivity contribution in [3.05, 3.63) is 35.4 Å². The van der Waals surface area contributed by atoms with Crippen molar-refractivity contribution < 1.29 is 8.42 Å². The summed E-state index contributed by atoms with van der Waals surface area (Å²) in [7, 11) is -3.06. The molecule has 3 rings (SSSR count). The van der Waals surface area contributed by atoms with E-state index in [4.69, 9.17) is 5.73 Å². The molecule has 0 bridgehead atoms. The Bertz CT molecular complexity index is 594. The molecule has 0 saturated carbocycles. The Kier molecular flexibility index (Phi) is 3.58. The first kappa shape index (κ1) is 14.0. The maximum absolute atomic E-state index is 11.5. The Morgan fingerprint density at radius 1 is 1.15 bits per heavy atom. The second-order valence-corrected chi connectivity index (χ2v) is 7.68. The van der Waals surface area contributed by atoms with Crippen LogP contribution in [0.5, 0.6) is 0 Å². The van der Waals surface area contributed by atoms with Crippen molar-refractivity contribution in [1.82, 2.24) is 9.21 Å². The van der Waals surface area contributed by atoms with Crippen LogP contribution < -0.4 is 5.73 Å². The fourth-order valence-corrected chi connectivity index (χ4v) is 4.15. The van der Waals surface area contributed by atoms with Gasteiger partial charge in [-0.25, -0.2) is 8.42 Å². The zero-order chi connectivity index (χ0) is 14.3. The van der Waals surface area contributed by atoms with Crippen molar-refractivity contribution in [2.45, 2.75) is 18.5 Å². The normalized spacial score (nSPS) is 28.5. The van der Waals surface area contributed by atoms with Crippen LogP contribution in [0.15, 0.2) is 24.3 Å². The van der Waals surface area contributed by atoms with E-state index in [2.05, 4.69) is 23.1 Å². The molecule has 0 amide bonds. The molecule has 0 radical (unpaired) electrons. The highest BCUT2D eigenvalue weighted by Crippen LogP contribution is 2.33. The van der Waals surface area contributed by atoms with Gasteiger partial charge in [-0.3, -0.25) is 4.90 Å². The van der Waals surface area contributed by atoms with Crippen LogP contribution in [0.3, 0.4) is 0 Å². The van der Waals surface area contributed by atoms with E-state index in [-0.39, 0.29) is 6.04 Å². The summed E-state index contributed by atoms with van der Waals surface area (Å²) in [5, 5.41) is 0. The summed E-state index contributed by atoms with van der Waals surface area (Å²) in [5.41, 5.74) is 8.94. The Hall–Kier alpha value is -0.950. The second-order valence-electron chi connectivity index (χ2n) is 5.69. The fourth-order valence-electron chi connectivity index (χ4n) is 3.33. The lowest BCUT2D eigenvalue weighted by Crippen LogP contribution is -2.53. The van der Waals surface area contributed by atoms with E-state index in [9.17, 15) is 8.42 Å². The number of rotatable bonds is 2. The number of nitrogens with two attached hydrogens (primary N) is 1. The molecule has 2 aliphatic rings. The van der Waals surface area contributed by atoms with Crippen molar-refractivity contribution in [2.75, 3.05) is 32.4 Å². The SMILES string of the molecule is CS(=O)(=O)N1CCN(C2Cc3ccccc3C2N)CC1. The predicted molar refractivity (Wildman–Crippen MR) is 78.9 cm³/mol. The molecule has 1 fully saturated rings. The molecular weight excluding hydrogens is 274 g/mol. The van der Waals surface area contributed by atoms with E-state index in [1.165, 1.54) is 17.4 Å². The van der Waals surface area contributed by atoms with E-state index in [0.717, 1.165) is 19.5 Å². The van der Waals surface area contributed by atoms with Crippen molar-refractivity contribution in [1.29, 1.82) is 0 Å². The van der Waals surface area contributed by atoms with Crippen molar-refractivity contribution >= 4 is 10.0 Å². The lowest BCUT2D eigenvalue weighted by Gasteiger charge is -2.38. The van der Waals surface area contributed by atoms with Gasteiger partial charge in [-0.2, -0.15) is 4.31 Å². The van der Waals surface area contributed by atoms with E-state index in [1.54, 1.807) is 4.31 Å². The molecule has 1 aromatic rings. The van der Waals surface area contributed by atoms with Gasteiger partial charge in [0.15, 0.2) is 0 Å². The Morgan fingerprint density at radius 2 is 1.80 bits per heavy atom. The van der Waals surface area contributed by atoms with Crippen LogP contribution in [0.2, 0.25) is 0 Å². The maximum atomic E-state index is 11.5. The predicted octanol–water partition coefficient (Wildman–Crippen LogP) is 0.188. The molecule has 2 unspecified atom stereocenters. The highest BCUT2D eigenvalue weighted by molar-refractivity contribution is 7.88. The molecule has 1 aliphatic carbocycles. The molecule has 2 N–H and O–H groups in total. The molecule has 20 heavy (non-hydrogen) atoms. The van der Waals surface area contributed by atoms with Crippen LogP contribution in [0.4, 0.5) is 0 Å². The monoisotopic (exact) mass is 295 g/mol. The molecule has 0 spiro atoms. The highest BCUT2D eigenvalue weighted by atomic mass is 32.2. The van der Waals surface area contributed by atoms with Gasteiger partial charge in [-0.15, -0.1) is 0 Å². The maximum Gasteiger partial charge on any atom is 0.211 e. The van der Waals surface area contributed by atoms with Gasteiger partial charge >= 0.3 is 0 Å². The quantitative estimate of drug-likeness (QED) is 0.846. The number of hydrogen-bond acceptors (Lipinski definition) is 4. The number of hydrogen-bond donors (Lipinski definition) is 1. The second kappa shape index (κ2) is 5.11. The third-order valence-electron chi connectivity index (χ3n) is 4.47. The summed E-state index contributed by atoms with van der Waals surface area (Å²) in [6.07, 6.45) is 2.25. The summed E-state index contributed by atoms with van der Waals surface area (Å²) < 4.78 is 24.6. The molecule has 1 saturated heterocycles. The van der Waals surface area contributed by atoms with Gasteiger partial charge in [0, 0.05) is 38.3 Å². The van der Waals surface area contributed by atoms with Crippen molar-refractivity contribution in [3.8, 4) is 0 Å². The number of nitrogens with zero attached hydrogens (tertiary/aromatic N) is 2. The lowest BCUT2D eigenvalue weighted by atomic mass is 10.1. The summed E-state index contributed by atoms with van der Waals surface area (Å²) in [6, 6.07) is 8.66. The number of piperazine rings is 1. The molecule has 1 aliphatic heterocycles. The fraction of sp³-hybridized carbons (Fsp3) is 0.571. The average Bonchev–Trinajstić information content (AvgIpc) is 2.76. The van der Waals surface area contributed by atoms with Gasteiger partial charge in [-0.05, 0) is 17.5 Å². The first-order valence-electron chi connectivity index (χ1n) is 6.99. The van der Waals surface area contributed by atoms with E-state index >= 15 is 0 Å². The van der Waals surface area contributed by atoms with Gasteiger partial charge in [0.2, 0.25) is 10.0 Å². The molecular formula is C14H21N3O2S. The average molecular weight is 295 g/mol. The number of sulfonamides is 1. The Labute approximate surface area is 120 Å². The van der Waals surface area contributed by atoms with Crippen LogP contribution >= 0.6 is 0 Å². The minimum absolute atomic E-state index is 0.0379. The van der Waals surface area contributed by atoms with Crippen molar-refractivity contribution in [3.63, 3.8) is 0 Å². The van der Waals surface area contributed by atoms with Gasteiger partial charge in [0.1, 0.15) is 0 Å². The zero-order valence-electron chi connectivity index (χ0n) is 11.7. The highest BCUT2D eigenvalue weighted by Gasteiger charge is 2.36. The van der Waals surface area contributed by atoms with Gasteiger partial charge in [0.25, 0.3) is 0 Å². The minimum Gasteiger partial charge on any atom is -0.323 e. The molecule has 1 aromatic carbocycles. The van der Waals surface area contributed by atoms with E-state index in [1.807, 2.05) is 6.07 Å². The number of fused-ring (bicyclic) bond motifs is 1. The smallest absolute Gasteiger partial charge is 0.211 e. The van der Waals surface area contributed by atoms with Crippen molar-refractivity contribution in [2.24, 2.45) is 5.73 Å². The van der Waals surface area contributed by atoms with E-state index < -0.39 is 10.0 Å². The summed E-state index contributed by atoms with van der Waals surface area (Å²) in [6.45, 7) is 2.66. The molecule has 5 nitrogen and oxygen atoms in total. The molecule has 110 valence electrons. The molecule has 6 heteroatoms. The van der Waals surface area contributed by atoms with E-state index in [0.29, 0.717) is 19.1 Å². The summed E-state index contributed by atoms with van der Waals surface area (Å²) >= 11 is 0. The lowest BCUT2D eigenvalue weighted by molar-refractivity contribution is 0.127. The third kappa shape index (κ3) is 2.48.